The highest BCUT2D eigenvalue weighted by Crippen LogP contribution is 2.31. The van der Waals surface area contributed by atoms with Crippen molar-refractivity contribution in [3.8, 4) is 0 Å². The topological polar surface area (TPSA) is 26.3 Å². The van der Waals surface area contributed by atoms with Gasteiger partial charge in [-0.15, -0.1) is 0 Å². The van der Waals surface area contributed by atoms with E-state index in [4.69, 9.17) is 4.74 Å². The Kier molecular flexibility index (Phi) is 4.43. The quantitative estimate of drug-likeness (QED) is 0.613. The van der Waals surface area contributed by atoms with Crippen LogP contribution in [0.15, 0.2) is 0 Å². The number of hydrogen-bond donors (Lipinski definition) is 0. The summed E-state index contributed by atoms with van der Waals surface area (Å²) in [7, 11) is 1.74. The minimum Gasteiger partial charge on any atom is -0.385 e. The predicted octanol–water partition coefficient (Wildman–Crippen LogP) is 2.42. The molecule has 0 amide bonds. The van der Waals surface area contributed by atoms with Gasteiger partial charge in [0.1, 0.15) is 5.78 Å². The van der Waals surface area contributed by atoms with E-state index in [1.54, 1.807) is 7.11 Å². The lowest BCUT2D eigenvalue weighted by atomic mass is 9.92. The van der Waals surface area contributed by atoms with Crippen molar-refractivity contribution < 1.29 is 9.53 Å². The van der Waals surface area contributed by atoms with Gasteiger partial charge in [-0.25, -0.2) is 0 Å². The summed E-state index contributed by atoms with van der Waals surface area (Å²) in [5.74, 6) is 1.45. The van der Waals surface area contributed by atoms with Crippen LogP contribution in [0.1, 0.15) is 39.0 Å². The first-order valence-electron chi connectivity index (χ1n) is 5.27. The molecule has 2 atom stereocenters. The zero-order valence-electron chi connectivity index (χ0n) is 8.71. The molecule has 0 aliphatic heterocycles. The Labute approximate surface area is 80.7 Å². The molecule has 1 aliphatic carbocycles. The van der Waals surface area contributed by atoms with E-state index in [9.17, 15) is 4.79 Å². The highest BCUT2D eigenvalue weighted by Gasteiger charge is 2.29. The van der Waals surface area contributed by atoms with Crippen LogP contribution in [0.3, 0.4) is 0 Å². The van der Waals surface area contributed by atoms with Crippen LogP contribution in [0, 0.1) is 11.8 Å². The van der Waals surface area contributed by atoms with E-state index in [0.29, 0.717) is 17.6 Å². The molecule has 0 aromatic carbocycles. The molecule has 2 heteroatoms. The van der Waals surface area contributed by atoms with E-state index < -0.39 is 0 Å². The molecular weight excluding hydrogens is 164 g/mol. The summed E-state index contributed by atoms with van der Waals surface area (Å²) in [5.41, 5.74) is 0. The fourth-order valence-electron chi connectivity index (χ4n) is 2.12. The van der Waals surface area contributed by atoms with Crippen LogP contribution in [0.4, 0.5) is 0 Å². The zero-order chi connectivity index (χ0) is 9.68. The van der Waals surface area contributed by atoms with E-state index in [-0.39, 0.29) is 0 Å². The van der Waals surface area contributed by atoms with Crippen LogP contribution in [0.5, 0.6) is 0 Å². The van der Waals surface area contributed by atoms with E-state index in [1.165, 1.54) is 12.8 Å². The molecule has 0 bridgehead atoms. The van der Waals surface area contributed by atoms with Crippen molar-refractivity contribution in [3.05, 3.63) is 0 Å². The number of carbonyl (C=O) groups excluding carboxylic acids is 1. The largest absolute Gasteiger partial charge is 0.385 e. The van der Waals surface area contributed by atoms with Crippen LogP contribution in [0.2, 0.25) is 0 Å². The van der Waals surface area contributed by atoms with Crippen LogP contribution in [0.25, 0.3) is 0 Å². The lowest BCUT2D eigenvalue weighted by molar-refractivity contribution is -0.120. The Morgan fingerprint density at radius 1 is 1.46 bits per heavy atom. The third-order valence-electron chi connectivity index (χ3n) is 3.15. The highest BCUT2D eigenvalue weighted by atomic mass is 16.5. The molecular formula is C11H20O2. The molecule has 1 fully saturated rings. The van der Waals surface area contributed by atoms with Crippen LogP contribution < -0.4 is 0 Å². The maximum absolute atomic E-state index is 11.2. The van der Waals surface area contributed by atoms with Crippen LogP contribution in [-0.2, 0) is 9.53 Å². The van der Waals surface area contributed by atoms with Crippen molar-refractivity contribution >= 4 is 5.78 Å². The minimum absolute atomic E-state index is 0.322. The van der Waals surface area contributed by atoms with Gasteiger partial charge in [0.2, 0.25) is 0 Å². The molecule has 1 saturated carbocycles. The second-order valence-corrected chi connectivity index (χ2v) is 4.04. The lowest BCUT2D eigenvalue weighted by Crippen LogP contribution is -2.10. The molecule has 0 aromatic rings. The summed E-state index contributed by atoms with van der Waals surface area (Å²) in [6.07, 6.45) is 5.48. The maximum Gasteiger partial charge on any atom is 0.135 e. The van der Waals surface area contributed by atoms with Gasteiger partial charge in [0.25, 0.3) is 0 Å². The zero-order valence-corrected chi connectivity index (χ0v) is 8.71. The first-order chi connectivity index (χ1) is 6.25. The van der Waals surface area contributed by atoms with Gasteiger partial charge in [0.15, 0.2) is 0 Å². The summed E-state index contributed by atoms with van der Waals surface area (Å²) < 4.78 is 4.99. The molecule has 13 heavy (non-hydrogen) atoms. The van der Waals surface area contributed by atoms with Crippen LogP contribution in [-0.4, -0.2) is 19.5 Å². The van der Waals surface area contributed by atoms with Gasteiger partial charge in [-0.1, -0.05) is 13.3 Å². The van der Waals surface area contributed by atoms with Gasteiger partial charge in [0, 0.05) is 26.1 Å². The highest BCUT2D eigenvalue weighted by molar-refractivity contribution is 5.82. The number of carbonyl (C=O) groups is 1. The standard InChI is InChI=1S/C11H20O2/c1-9-10(6-7-11(9)12)5-3-4-8-13-2/h9-10H,3-8H2,1-2H3. The summed E-state index contributed by atoms with van der Waals surface area (Å²) in [5, 5.41) is 0. The Hall–Kier alpha value is -0.370. The second-order valence-electron chi connectivity index (χ2n) is 4.04. The Bertz CT molecular complexity index is 165. The first-order valence-corrected chi connectivity index (χ1v) is 5.27. The molecule has 0 heterocycles. The van der Waals surface area contributed by atoms with E-state index in [1.807, 2.05) is 0 Å². The number of ketones is 1. The van der Waals surface area contributed by atoms with Gasteiger partial charge in [-0.2, -0.15) is 0 Å². The van der Waals surface area contributed by atoms with E-state index in [0.717, 1.165) is 25.9 Å². The van der Waals surface area contributed by atoms with Crippen molar-refractivity contribution in [2.45, 2.75) is 39.0 Å². The molecule has 1 aliphatic rings. The van der Waals surface area contributed by atoms with Crippen molar-refractivity contribution in [2.24, 2.45) is 11.8 Å². The number of unbranched alkanes of at least 4 members (excludes halogenated alkanes) is 1. The SMILES string of the molecule is COCCCCC1CCC(=O)C1C. The van der Waals surface area contributed by atoms with Crippen molar-refractivity contribution in [3.63, 3.8) is 0 Å². The third kappa shape index (κ3) is 3.11. The average molecular weight is 184 g/mol. The normalized spacial score (nSPS) is 28.3. The molecule has 0 spiro atoms. The van der Waals surface area contributed by atoms with E-state index in [2.05, 4.69) is 6.92 Å². The molecule has 0 N–H and O–H groups in total. The third-order valence-corrected chi connectivity index (χ3v) is 3.15. The van der Waals surface area contributed by atoms with Gasteiger partial charge in [0.05, 0.1) is 0 Å². The van der Waals surface area contributed by atoms with Crippen LogP contribution >= 0.6 is 0 Å². The van der Waals surface area contributed by atoms with Crippen molar-refractivity contribution in [2.75, 3.05) is 13.7 Å². The smallest absolute Gasteiger partial charge is 0.135 e. The van der Waals surface area contributed by atoms with Gasteiger partial charge in [-0.3, -0.25) is 4.79 Å². The summed E-state index contributed by atoms with van der Waals surface area (Å²) in [6.45, 7) is 2.94. The average Bonchev–Trinajstić information content (AvgIpc) is 2.43. The summed E-state index contributed by atoms with van der Waals surface area (Å²) in [6, 6.07) is 0. The van der Waals surface area contributed by atoms with E-state index >= 15 is 0 Å². The van der Waals surface area contributed by atoms with Crippen molar-refractivity contribution in [1.29, 1.82) is 0 Å². The lowest BCUT2D eigenvalue weighted by Gasteiger charge is -2.13. The number of hydrogen-bond acceptors (Lipinski definition) is 2. The molecule has 0 saturated heterocycles. The molecule has 1 rings (SSSR count). The summed E-state index contributed by atoms with van der Waals surface area (Å²) in [4.78, 5) is 11.2. The Morgan fingerprint density at radius 2 is 2.23 bits per heavy atom. The molecule has 2 unspecified atom stereocenters. The fourth-order valence-corrected chi connectivity index (χ4v) is 2.12. The van der Waals surface area contributed by atoms with Gasteiger partial charge in [-0.05, 0) is 25.2 Å². The fraction of sp³-hybridized carbons (Fsp3) is 0.909. The van der Waals surface area contributed by atoms with Gasteiger partial charge >= 0.3 is 0 Å². The molecule has 0 aromatic heterocycles. The van der Waals surface area contributed by atoms with Crippen molar-refractivity contribution in [1.82, 2.24) is 0 Å². The van der Waals surface area contributed by atoms with Gasteiger partial charge < -0.3 is 4.74 Å². The number of Topliss-reactive ketones (excluding diaryl/α,β-unsaturated/α-hetero) is 1. The first kappa shape index (κ1) is 10.7. The summed E-state index contributed by atoms with van der Waals surface area (Å²) >= 11 is 0. The number of rotatable bonds is 5. The monoisotopic (exact) mass is 184 g/mol. The maximum atomic E-state index is 11.2. The molecule has 0 radical (unpaired) electrons. The Morgan fingerprint density at radius 3 is 2.77 bits per heavy atom. The number of ether oxygens (including phenoxy) is 1. The Balaban J connectivity index is 2.11. The molecule has 76 valence electrons. The number of methoxy groups -OCH3 is 1. The molecule has 2 nitrogen and oxygen atoms in total. The minimum atomic E-state index is 0.322. The second kappa shape index (κ2) is 5.38. The predicted molar refractivity (Wildman–Crippen MR) is 52.6 cm³/mol.